The molecule has 0 bridgehead atoms. The number of nitrogens with one attached hydrogen (secondary N) is 1. The number of halogens is 1. The van der Waals surface area contributed by atoms with Gasteiger partial charge in [-0.25, -0.2) is 4.39 Å². The summed E-state index contributed by atoms with van der Waals surface area (Å²) in [5.74, 6) is -1.09. The van der Waals surface area contributed by atoms with E-state index in [0.29, 0.717) is 25.1 Å². The second-order valence-electron chi connectivity index (χ2n) is 5.90. The van der Waals surface area contributed by atoms with E-state index in [9.17, 15) is 14.0 Å². The number of piperidine rings is 1. The minimum Gasteiger partial charge on any atom is -0.339 e. The summed E-state index contributed by atoms with van der Waals surface area (Å²) in [5.41, 5.74) is 1.37. The van der Waals surface area contributed by atoms with Crippen LogP contribution >= 0.6 is 0 Å². The van der Waals surface area contributed by atoms with Crippen molar-refractivity contribution in [2.24, 2.45) is 7.05 Å². The minimum absolute atomic E-state index is 0.248. The summed E-state index contributed by atoms with van der Waals surface area (Å²) in [6, 6.07) is 7.16. The number of rotatable bonds is 3. The highest BCUT2D eigenvalue weighted by molar-refractivity contribution is 6.02. The SMILES string of the molecule is Cc1cc(C(=O)N[C@H]2CCCN(c3ccccc3F)C2=O)n(C)n1. The molecule has 0 unspecified atom stereocenters. The van der Waals surface area contributed by atoms with E-state index in [-0.39, 0.29) is 17.5 Å². The zero-order chi connectivity index (χ0) is 17.3. The van der Waals surface area contributed by atoms with Crippen LogP contribution in [-0.2, 0) is 11.8 Å². The number of amides is 2. The maximum atomic E-state index is 14.0. The molecule has 126 valence electrons. The molecule has 1 aromatic heterocycles. The molecular weight excluding hydrogens is 311 g/mol. The van der Waals surface area contributed by atoms with Gasteiger partial charge in [-0.3, -0.25) is 14.3 Å². The van der Waals surface area contributed by atoms with Crippen molar-refractivity contribution in [2.75, 3.05) is 11.4 Å². The van der Waals surface area contributed by atoms with Crippen molar-refractivity contribution in [3.8, 4) is 0 Å². The molecule has 1 fully saturated rings. The molecule has 24 heavy (non-hydrogen) atoms. The van der Waals surface area contributed by atoms with Gasteiger partial charge in [-0.15, -0.1) is 0 Å². The van der Waals surface area contributed by atoms with Gasteiger partial charge in [-0.1, -0.05) is 12.1 Å². The Hall–Kier alpha value is -2.70. The number of carbonyl (C=O) groups excluding carboxylic acids is 2. The van der Waals surface area contributed by atoms with E-state index in [1.54, 1.807) is 38.2 Å². The monoisotopic (exact) mass is 330 g/mol. The first-order valence-electron chi connectivity index (χ1n) is 7.85. The molecule has 2 aromatic rings. The Labute approximate surface area is 139 Å². The van der Waals surface area contributed by atoms with E-state index >= 15 is 0 Å². The topological polar surface area (TPSA) is 67.2 Å². The fraction of sp³-hybridized carbons (Fsp3) is 0.353. The summed E-state index contributed by atoms with van der Waals surface area (Å²) in [6.07, 6.45) is 1.22. The van der Waals surface area contributed by atoms with Crippen LogP contribution in [0.25, 0.3) is 0 Å². The first-order valence-corrected chi connectivity index (χ1v) is 7.85. The summed E-state index contributed by atoms with van der Waals surface area (Å²) < 4.78 is 15.4. The van der Waals surface area contributed by atoms with E-state index in [0.717, 1.165) is 5.69 Å². The third-order valence-corrected chi connectivity index (χ3v) is 4.12. The van der Waals surface area contributed by atoms with Crippen molar-refractivity contribution in [1.82, 2.24) is 15.1 Å². The molecule has 0 aliphatic carbocycles. The smallest absolute Gasteiger partial charge is 0.270 e. The quantitative estimate of drug-likeness (QED) is 0.933. The zero-order valence-corrected chi connectivity index (χ0v) is 13.6. The molecule has 2 amide bonds. The van der Waals surface area contributed by atoms with Crippen LogP contribution in [0.4, 0.5) is 10.1 Å². The van der Waals surface area contributed by atoms with Crippen molar-refractivity contribution in [2.45, 2.75) is 25.8 Å². The van der Waals surface area contributed by atoms with E-state index in [1.807, 2.05) is 0 Å². The molecule has 1 aliphatic rings. The predicted molar refractivity (Wildman–Crippen MR) is 87.2 cm³/mol. The number of hydrogen-bond acceptors (Lipinski definition) is 3. The number of aromatic nitrogens is 2. The number of nitrogens with zero attached hydrogens (tertiary/aromatic N) is 3. The molecule has 0 radical (unpaired) electrons. The molecule has 1 atom stereocenters. The lowest BCUT2D eigenvalue weighted by molar-refractivity contribution is -0.121. The predicted octanol–water partition coefficient (Wildman–Crippen LogP) is 1.79. The zero-order valence-electron chi connectivity index (χ0n) is 13.6. The molecule has 6 nitrogen and oxygen atoms in total. The number of aryl methyl sites for hydroxylation is 2. The molecule has 1 aromatic carbocycles. The first-order chi connectivity index (χ1) is 11.5. The fourth-order valence-electron chi connectivity index (χ4n) is 2.97. The molecular formula is C17H19FN4O2. The van der Waals surface area contributed by atoms with Gasteiger partial charge in [-0.05, 0) is 38.0 Å². The van der Waals surface area contributed by atoms with E-state index in [2.05, 4.69) is 10.4 Å². The lowest BCUT2D eigenvalue weighted by atomic mass is 10.0. The minimum atomic E-state index is -0.666. The van der Waals surface area contributed by atoms with Crippen LogP contribution in [0, 0.1) is 12.7 Å². The summed E-state index contributed by atoms with van der Waals surface area (Å²) in [5, 5.41) is 6.87. The Morgan fingerprint density at radius 1 is 1.38 bits per heavy atom. The highest BCUT2D eigenvalue weighted by Gasteiger charge is 2.32. The van der Waals surface area contributed by atoms with Crippen LogP contribution in [-0.4, -0.2) is 34.2 Å². The van der Waals surface area contributed by atoms with Crippen molar-refractivity contribution in [3.63, 3.8) is 0 Å². The average Bonchev–Trinajstić information content (AvgIpc) is 2.89. The number of hydrogen-bond donors (Lipinski definition) is 1. The van der Waals surface area contributed by atoms with Crippen LogP contribution in [0.2, 0.25) is 0 Å². The van der Waals surface area contributed by atoms with Gasteiger partial charge >= 0.3 is 0 Å². The molecule has 0 saturated carbocycles. The highest BCUT2D eigenvalue weighted by atomic mass is 19.1. The van der Waals surface area contributed by atoms with Gasteiger partial charge in [0.15, 0.2) is 0 Å². The third-order valence-electron chi connectivity index (χ3n) is 4.12. The maximum Gasteiger partial charge on any atom is 0.270 e. The maximum absolute atomic E-state index is 14.0. The third kappa shape index (κ3) is 3.02. The summed E-state index contributed by atoms with van der Waals surface area (Å²) in [7, 11) is 1.68. The van der Waals surface area contributed by atoms with Gasteiger partial charge in [0.25, 0.3) is 5.91 Å². The summed E-state index contributed by atoms with van der Waals surface area (Å²) in [4.78, 5) is 26.4. The van der Waals surface area contributed by atoms with Crippen molar-refractivity contribution in [1.29, 1.82) is 0 Å². The molecule has 2 heterocycles. The van der Waals surface area contributed by atoms with Gasteiger partial charge in [0, 0.05) is 13.6 Å². The van der Waals surface area contributed by atoms with Crippen LogP contribution < -0.4 is 10.2 Å². The van der Waals surface area contributed by atoms with Gasteiger partial charge in [-0.2, -0.15) is 5.10 Å². The first kappa shape index (κ1) is 16.2. The highest BCUT2D eigenvalue weighted by Crippen LogP contribution is 2.24. The molecule has 7 heteroatoms. The standard InChI is InChI=1S/C17H19FN4O2/c1-11-10-15(21(2)20-11)16(23)19-13-7-5-9-22(17(13)24)14-8-4-3-6-12(14)18/h3-4,6,8,10,13H,5,7,9H2,1-2H3,(H,19,23)/t13-/m0/s1. The van der Waals surface area contributed by atoms with Crippen molar-refractivity contribution >= 4 is 17.5 Å². The Morgan fingerprint density at radius 3 is 2.79 bits per heavy atom. The van der Waals surface area contributed by atoms with Gasteiger partial charge in [0.1, 0.15) is 17.6 Å². The number of para-hydroxylation sites is 1. The average molecular weight is 330 g/mol. The second kappa shape index (κ2) is 6.43. The lowest BCUT2D eigenvalue weighted by Gasteiger charge is -2.32. The second-order valence-corrected chi connectivity index (χ2v) is 5.90. The summed E-state index contributed by atoms with van der Waals surface area (Å²) >= 11 is 0. The molecule has 1 saturated heterocycles. The van der Waals surface area contributed by atoms with Gasteiger partial charge in [0.2, 0.25) is 5.91 Å². The van der Waals surface area contributed by atoms with Crippen LogP contribution in [0.15, 0.2) is 30.3 Å². The van der Waals surface area contributed by atoms with Crippen molar-refractivity contribution in [3.05, 3.63) is 47.5 Å². The molecule has 1 aliphatic heterocycles. The van der Waals surface area contributed by atoms with Gasteiger partial charge < -0.3 is 10.2 Å². The van der Waals surface area contributed by atoms with E-state index in [4.69, 9.17) is 0 Å². The Bertz CT molecular complexity index is 787. The normalized spacial score (nSPS) is 17.9. The number of anilines is 1. The number of benzene rings is 1. The largest absolute Gasteiger partial charge is 0.339 e. The fourth-order valence-corrected chi connectivity index (χ4v) is 2.97. The summed E-state index contributed by atoms with van der Waals surface area (Å²) in [6.45, 7) is 2.24. The lowest BCUT2D eigenvalue weighted by Crippen LogP contribution is -2.52. The van der Waals surface area contributed by atoms with E-state index < -0.39 is 11.9 Å². The van der Waals surface area contributed by atoms with E-state index in [1.165, 1.54) is 15.6 Å². The Kier molecular flexibility index (Phi) is 4.33. The molecule has 0 spiro atoms. The van der Waals surface area contributed by atoms with Crippen LogP contribution in [0.5, 0.6) is 0 Å². The van der Waals surface area contributed by atoms with Gasteiger partial charge in [0.05, 0.1) is 11.4 Å². The molecule has 1 N–H and O–H groups in total. The Morgan fingerprint density at radius 2 is 2.12 bits per heavy atom. The molecule has 3 rings (SSSR count). The Balaban J connectivity index is 1.77. The van der Waals surface area contributed by atoms with Crippen molar-refractivity contribution < 1.29 is 14.0 Å². The number of carbonyl (C=O) groups is 2. The van der Waals surface area contributed by atoms with Crippen LogP contribution in [0.1, 0.15) is 29.0 Å². The van der Waals surface area contributed by atoms with Crippen LogP contribution in [0.3, 0.4) is 0 Å².